The number of hydrogen-bond donors (Lipinski definition) is 1. The van der Waals surface area contributed by atoms with Gasteiger partial charge >= 0.3 is 5.82 Å². The van der Waals surface area contributed by atoms with E-state index in [-0.39, 0.29) is 23.7 Å². The maximum atomic E-state index is 12.2. The number of non-ortho nitro benzene ring substituents is 1. The highest BCUT2D eigenvalue weighted by Gasteiger charge is 2.15. The van der Waals surface area contributed by atoms with Crippen molar-refractivity contribution in [3.63, 3.8) is 0 Å². The lowest BCUT2D eigenvalue weighted by atomic mass is 10.2. The largest absolute Gasteiger partial charge is 0.457 e. The monoisotopic (exact) mass is 417 g/mol. The van der Waals surface area contributed by atoms with E-state index in [2.05, 4.69) is 10.3 Å². The highest BCUT2D eigenvalue weighted by atomic mass is 35.5. The molecule has 1 heterocycles. The fraction of sp³-hybridized carbons (Fsp3) is 0.0588. The van der Waals surface area contributed by atoms with Crippen molar-refractivity contribution in [3.05, 3.63) is 80.2 Å². The first-order valence-corrected chi connectivity index (χ1v) is 8.37. The Morgan fingerprint density at radius 2 is 1.83 bits per heavy atom. The summed E-state index contributed by atoms with van der Waals surface area (Å²) in [6, 6.07) is 10.2. The van der Waals surface area contributed by atoms with Gasteiger partial charge in [0.1, 0.15) is 24.2 Å². The topological polar surface area (TPSA) is 142 Å². The van der Waals surface area contributed by atoms with Gasteiger partial charge in [-0.2, -0.15) is 0 Å². The van der Waals surface area contributed by atoms with E-state index in [0.717, 1.165) is 12.5 Å². The Balaban J connectivity index is 1.77. The number of nitrogens with one attached hydrogen (secondary N) is 1. The van der Waals surface area contributed by atoms with Crippen molar-refractivity contribution in [2.24, 2.45) is 0 Å². The molecule has 0 atom stereocenters. The first-order valence-electron chi connectivity index (χ1n) is 7.99. The lowest BCUT2D eigenvalue weighted by Crippen LogP contribution is -2.18. The number of rotatable bonds is 7. The molecule has 0 saturated heterocycles. The minimum atomic E-state index is -0.685. The van der Waals surface area contributed by atoms with E-state index in [4.69, 9.17) is 16.3 Å². The molecule has 3 rings (SSSR count). The second kappa shape index (κ2) is 8.35. The van der Waals surface area contributed by atoms with E-state index in [0.29, 0.717) is 10.8 Å². The van der Waals surface area contributed by atoms with Crippen molar-refractivity contribution >= 4 is 34.7 Å². The van der Waals surface area contributed by atoms with E-state index in [9.17, 15) is 25.0 Å². The summed E-state index contributed by atoms with van der Waals surface area (Å²) in [4.78, 5) is 36.3. The van der Waals surface area contributed by atoms with Gasteiger partial charge in [0, 0.05) is 17.2 Å². The van der Waals surface area contributed by atoms with Crippen LogP contribution >= 0.6 is 11.6 Å². The third-order valence-electron chi connectivity index (χ3n) is 3.57. The number of anilines is 1. The molecule has 1 amide bonds. The molecule has 0 bridgehead atoms. The average Bonchev–Trinajstić information content (AvgIpc) is 3.12. The van der Waals surface area contributed by atoms with Crippen LogP contribution in [0.1, 0.15) is 0 Å². The summed E-state index contributed by atoms with van der Waals surface area (Å²) in [5.74, 6) is -0.421. The molecule has 12 heteroatoms. The molecule has 0 aliphatic carbocycles. The molecular formula is C17H12ClN5O6. The van der Waals surface area contributed by atoms with Gasteiger partial charge in [0.15, 0.2) is 0 Å². The van der Waals surface area contributed by atoms with Crippen LogP contribution < -0.4 is 10.1 Å². The average molecular weight is 418 g/mol. The molecule has 0 radical (unpaired) electrons. The van der Waals surface area contributed by atoms with Gasteiger partial charge in [0.2, 0.25) is 12.2 Å². The summed E-state index contributed by atoms with van der Waals surface area (Å²) in [6.07, 6.45) is 2.24. The van der Waals surface area contributed by atoms with Crippen molar-refractivity contribution in [1.82, 2.24) is 9.55 Å². The lowest BCUT2D eigenvalue weighted by molar-refractivity contribution is -0.389. The van der Waals surface area contributed by atoms with E-state index >= 15 is 0 Å². The predicted octanol–water partition coefficient (Wildman–Crippen LogP) is 3.78. The molecule has 0 spiro atoms. The Labute approximate surface area is 167 Å². The minimum Gasteiger partial charge on any atom is -0.457 e. The van der Waals surface area contributed by atoms with Crippen molar-refractivity contribution in [2.45, 2.75) is 6.54 Å². The number of hydrogen-bond acceptors (Lipinski definition) is 7. The van der Waals surface area contributed by atoms with Crippen LogP contribution in [0.4, 0.5) is 17.2 Å². The number of aromatic nitrogens is 2. The van der Waals surface area contributed by atoms with Gasteiger partial charge in [-0.1, -0.05) is 11.6 Å². The first-order chi connectivity index (χ1) is 13.8. The minimum absolute atomic E-state index is 0.128. The Morgan fingerprint density at radius 1 is 1.10 bits per heavy atom. The number of carbonyl (C=O) groups is 1. The third kappa shape index (κ3) is 5.26. The molecule has 1 aromatic heterocycles. The Hall–Kier alpha value is -3.99. The van der Waals surface area contributed by atoms with Crippen LogP contribution in [0.3, 0.4) is 0 Å². The second-order valence-corrected chi connectivity index (χ2v) is 6.17. The van der Waals surface area contributed by atoms with E-state index in [1.165, 1.54) is 22.8 Å². The summed E-state index contributed by atoms with van der Waals surface area (Å²) >= 11 is 5.81. The van der Waals surface area contributed by atoms with Gasteiger partial charge in [-0.25, -0.2) is 0 Å². The Morgan fingerprint density at radius 3 is 2.45 bits per heavy atom. The van der Waals surface area contributed by atoms with Crippen LogP contribution in [0, 0.1) is 20.2 Å². The molecule has 1 N–H and O–H groups in total. The zero-order valence-electron chi connectivity index (χ0n) is 14.5. The number of nitro benzene ring substituents is 1. The number of nitro groups is 2. The van der Waals surface area contributed by atoms with Gasteiger partial charge in [-0.3, -0.25) is 14.9 Å². The molecule has 0 aliphatic heterocycles. The number of amides is 1. The molecule has 29 heavy (non-hydrogen) atoms. The van der Waals surface area contributed by atoms with Crippen molar-refractivity contribution in [1.29, 1.82) is 0 Å². The van der Waals surface area contributed by atoms with Gasteiger partial charge < -0.3 is 24.7 Å². The zero-order valence-corrected chi connectivity index (χ0v) is 15.3. The molecule has 0 aliphatic rings. The molecule has 0 saturated carbocycles. The molecular weight excluding hydrogens is 406 g/mol. The highest BCUT2D eigenvalue weighted by molar-refractivity contribution is 6.30. The van der Waals surface area contributed by atoms with Crippen LogP contribution in [0.5, 0.6) is 11.5 Å². The number of nitrogens with zero attached hydrogens (tertiary/aromatic N) is 4. The number of imidazole rings is 1. The summed E-state index contributed by atoms with van der Waals surface area (Å²) in [7, 11) is 0. The molecule has 3 aromatic rings. The molecule has 0 unspecified atom stereocenters. The molecule has 148 valence electrons. The fourth-order valence-electron chi connectivity index (χ4n) is 2.35. The lowest BCUT2D eigenvalue weighted by Gasteiger charge is -2.09. The third-order valence-corrected chi connectivity index (χ3v) is 3.82. The Bertz CT molecular complexity index is 1080. The number of carbonyl (C=O) groups excluding carboxylic acids is 1. The van der Waals surface area contributed by atoms with Gasteiger partial charge in [-0.05, 0) is 34.2 Å². The van der Waals surface area contributed by atoms with Crippen LogP contribution in [-0.2, 0) is 11.3 Å². The summed E-state index contributed by atoms with van der Waals surface area (Å²) in [6.45, 7) is -0.267. The Kier molecular flexibility index (Phi) is 5.69. The zero-order chi connectivity index (χ0) is 21.0. The van der Waals surface area contributed by atoms with E-state index in [1.54, 1.807) is 24.3 Å². The standard InChI is InChI=1S/C17H12ClN5O6/c18-11-1-3-14(4-2-11)29-15-6-12(5-13(7-15)22(25)26)20-17(24)9-21-8-16(19-10-21)23(27)28/h1-8,10H,9H2,(H,20,24). The summed E-state index contributed by atoms with van der Waals surface area (Å²) in [5.41, 5.74) is -0.159. The maximum absolute atomic E-state index is 12.2. The second-order valence-electron chi connectivity index (χ2n) is 5.74. The number of ether oxygens (including phenoxy) is 1. The first kappa shape index (κ1) is 19.8. The fourth-order valence-corrected chi connectivity index (χ4v) is 2.48. The highest BCUT2D eigenvalue weighted by Crippen LogP contribution is 2.30. The number of benzene rings is 2. The molecule has 2 aromatic carbocycles. The van der Waals surface area contributed by atoms with Crippen LogP contribution in [-0.4, -0.2) is 25.3 Å². The molecule has 11 nitrogen and oxygen atoms in total. The van der Waals surface area contributed by atoms with Gasteiger partial charge in [0.25, 0.3) is 5.69 Å². The summed E-state index contributed by atoms with van der Waals surface area (Å²) < 4.78 is 6.81. The van der Waals surface area contributed by atoms with Crippen LogP contribution in [0.15, 0.2) is 55.0 Å². The van der Waals surface area contributed by atoms with Crippen molar-refractivity contribution in [3.8, 4) is 11.5 Å². The van der Waals surface area contributed by atoms with Crippen molar-refractivity contribution < 1.29 is 19.4 Å². The van der Waals surface area contributed by atoms with Gasteiger partial charge in [-0.15, -0.1) is 0 Å². The quantitative estimate of drug-likeness (QED) is 0.455. The van der Waals surface area contributed by atoms with Crippen LogP contribution in [0.2, 0.25) is 5.02 Å². The van der Waals surface area contributed by atoms with Crippen molar-refractivity contribution in [2.75, 3.05) is 5.32 Å². The summed E-state index contributed by atoms with van der Waals surface area (Å²) in [5, 5.41) is 24.8. The number of halogens is 1. The predicted molar refractivity (Wildman–Crippen MR) is 102 cm³/mol. The smallest absolute Gasteiger partial charge is 0.381 e. The maximum Gasteiger partial charge on any atom is 0.381 e. The van der Waals surface area contributed by atoms with Gasteiger partial charge in [0.05, 0.1) is 16.7 Å². The van der Waals surface area contributed by atoms with Crippen LogP contribution in [0.25, 0.3) is 0 Å². The normalized spacial score (nSPS) is 10.4. The van der Waals surface area contributed by atoms with E-state index in [1.807, 2.05) is 0 Å². The molecule has 0 fully saturated rings. The van der Waals surface area contributed by atoms with E-state index < -0.39 is 21.6 Å². The SMILES string of the molecule is O=C(Cn1cnc([N+](=O)[O-])c1)Nc1cc(Oc2ccc(Cl)cc2)cc([N+](=O)[O-])c1.